The highest BCUT2D eigenvalue weighted by Crippen LogP contribution is 2.17. The summed E-state index contributed by atoms with van der Waals surface area (Å²) in [6.07, 6.45) is 1.65. The second kappa shape index (κ2) is 6.78. The van der Waals surface area contributed by atoms with E-state index in [0.717, 1.165) is 11.1 Å². The molecule has 6 nitrogen and oxygen atoms in total. The molecule has 0 saturated carbocycles. The lowest BCUT2D eigenvalue weighted by Gasteiger charge is -2.05. The van der Waals surface area contributed by atoms with E-state index in [-0.39, 0.29) is 18.0 Å². The topological polar surface area (TPSA) is 89.6 Å². The van der Waals surface area contributed by atoms with E-state index < -0.39 is 0 Å². The average Bonchev–Trinajstić information content (AvgIpc) is 3.00. The molecule has 0 unspecified atom stereocenters. The first-order valence-corrected chi connectivity index (χ1v) is 7.56. The van der Waals surface area contributed by atoms with Crippen LogP contribution in [0.5, 0.6) is 0 Å². The molecule has 25 heavy (non-hydrogen) atoms. The first kappa shape index (κ1) is 16.7. The van der Waals surface area contributed by atoms with Crippen LogP contribution in [-0.2, 0) is 6.54 Å². The molecular formula is C18H16ClN5O. The van der Waals surface area contributed by atoms with Gasteiger partial charge in [-0.2, -0.15) is 0 Å². The van der Waals surface area contributed by atoms with Crippen molar-refractivity contribution in [3.8, 4) is 11.4 Å². The van der Waals surface area contributed by atoms with E-state index in [4.69, 9.17) is 5.73 Å². The van der Waals surface area contributed by atoms with Crippen LogP contribution < -0.4 is 11.3 Å². The SMILES string of the molecule is Cl.Nc1ccc(-c2nc3ncn(Cc4ccccc4)c3c(=O)[nH]2)cc1. The number of fused-ring (bicyclic) bond motifs is 1. The molecule has 2 aromatic carbocycles. The van der Waals surface area contributed by atoms with Gasteiger partial charge in [-0.1, -0.05) is 30.3 Å². The Morgan fingerprint density at radius 3 is 2.48 bits per heavy atom. The maximum atomic E-state index is 12.5. The Kier molecular flexibility index (Phi) is 4.54. The first-order chi connectivity index (χ1) is 11.7. The highest BCUT2D eigenvalue weighted by Gasteiger charge is 2.12. The molecule has 0 spiro atoms. The van der Waals surface area contributed by atoms with Gasteiger partial charge in [0.15, 0.2) is 11.2 Å². The average molecular weight is 354 g/mol. The quantitative estimate of drug-likeness (QED) is 0.554. The number of nitrogens with one attached hydrogen (secondary N) is 1. The summed E-state index contributed by atoms with van der Waals surface area (Å²) in [4.78, 5) is 24.1. The number of aromatic amines is 1. The van der Waals surface area contributed by atoms with Crippen molar-refractivity contribution in [2.75, 3.05) is 5.73 Å². The molecule has 0 saturated heterocycles. The van der Waals surface area contributed by atoms with Crippen molar-refractivity contribution in [3.63, 3.8) is 0 Å². The van der Waals surface area contributed by atoms with E-state index in [0.29, 0.717) is 29.2 Å². The molecular weight excluding hydrogens is 338 g/mol. The van der Waals surface area contributed by atoms with E-state index in [9.17, 15) is 4.79 Å². The zero-order valence-electron chi connectivity index (χ0n) is 13.2. The molecule has 4 rings (SSSR count). The predicted octanol–water partition coefficient (Wildman–Crippen LogP) is 2.84. The highest BCUT2D eigenvalue weighted by atomic mass is 35.5. The molecule has 126 valence electrons. The number of anilines is 1. The van der Waals surface area contributed by atoms with Crippen LogP contribution in [0.3, 0.4) is 0 Å². The zero-order valence-corrected chi connectivity index (χ0v) is 14.0. The minimum absolute atomic E-state index is 0. The normalized spacial score (nSPS) is 10.6. The predicted molar refractivity (Wildman–Crippen MR) is 101 cm³/mol. The Hall–Kier alpha value is -3.12. The number of aromatic nitrogens is 4. The van der Waals surface area contributed by atoms with E-state index >= 15 is 0 Å². The lowest BCUT2D eigenvalue weighted by Crippen LogP contribution is -2.13. The number of rotatable bonds is 3. The Labute approximate surface area is 149 Å². The molecule has 0 aliphatic rings. The fourth-order valence-electron chi connectivity index (χ4n) is 2.66. The Morgan fingerprint density at radius 1 is 1.04 bits per heavy atom. The van der Waals surface area contributed by atoms with Crippen LogP contribution in [0.1, 0.15) is 5.56 Å². The second-order valence-electron chi connectivity index (χ2n) is 5.57. The van der Waals surface area contributed by atoms with Crippen molar-refractivity contribution >= 4 is 29.3 Å². The Bertz CT molecular complexity index is 1050. The van der Waals surface area contributed by atoms with Crippen LogP contribution in [0.2, 0.25) is 0 Å². The number of hydrogen-bond donors (Lipinski definition) is 2. The van der Waals surface area contributed by atoms with Gasteiger partial charge in [-0.15, -0.1) is 12.4 Å². The molecule has 0 amide bonds. The summed E-state index contributed by atoms with van der Waals surface area (Å²) in [5, 5.41) is 0. The number of nitrogens with zero attached hydrogens (tertiary/aromatic N) is 3. The summed E-state index contributed by atoms with van der Waals surface area (Å²) in [6, 6.07) is 17.1. The molecule has 3 N–H and O–H groups in total. The second-order valence-corrected chi connectivity index (χ2v) is 5.57. The van der Waals surface area contributed by atoms with Crippen molar-refractivity contribution in [2.45, 2.75) is 6.54 Å². The third kappa shape index (κ3) is 3.25. The van der Waals surface area contributed by atoms with E-state index in [2.05, 4.69) is 15.0 Å². The first-order valence-electron chi connectivity index (χ1n) is 7.56. The van der Waals surface area contributed by atoms with Crippen LogP contribution in [0, 0.1) is 0 Å². The van der Waals surface area contributed by atoms with Gasteiger partial charge in [-0.3, -0.25) is 4.79 Å². The van der Waals surface area contributed by atoms with Gasteiger partial charge in [0, 0.05) is 17.8 Å². The fraction of sp³-hybridized carbons (Fsp3) is 0.0556. The molecule has 0 aliphatic heterocycles. The van der Waals surface area contributed by atoms with Crippen molar-refractivity contribution in [2.24, 2.45) is 0 Å². The summed E-state index contributed by atoms with van der Waals surface area (Å²) in [6.45, 7) is 0.573. The molecule has 7 heteroatoms. The van der Waals surface area contributed by atoms with Crippen LogP contribution in [0.25, 0.3) is 22.6 Å². The third-order valence-corrected chi connectivity index (χ3v) is 3.86. The minimum atomic E-state index is -0.208. The smallest absolute Gasteiger partial charge is 0.277 e. The molecule has 4 aromatic rings. The van der Waals surface area contributed by atoms with Gasteiger partial charge in [0.05, 0.1) is 6.33 Å². The van der Waals surface area contributed by atoms with Gasteiger partial charge in [0.1, 0.15) is 5.82 Å². The van der Waals surface area contributed by atoms with Crippen LogP contribution in [-0.4, -0.2) is 19.5 Å². The highest BCUT2D eigenvalue weighted by molar-refractivity contribution is 5.85. The van der Waals surface area contributed by atoms with Crippen molar-refractivity contribution in [3.05, 3.63) is 76.8 Å². The van der Waals surface area contributed by atoms with E-state index in [1.165, 1.54) is 0 Å². The molecule has 0 aliphatic carbocycles. The van der Waals surface area contributed by atoms with Gasteiger partial charge in [0.25, 0.3) is 5.56 Å². The summed E-state index contributed by atoms with van der Waals surface area (Å²) in [5.41, 5.74) is 8.94. The summed E-state index contributed by atoms with van der Waals surface area (Å²) in [5.74, 6) is 0.484. The molecule has 2 aromatic heterocycles. The monoisotopic (exact) mass is 353 g/mol. The van der Waals surface area contributed by atoms with Crippen LogP contribution in [0.4, 0.5) is 5.69 Å². The van der Waals surface area contributed by atoms with Gasteiger partial charge in [-0.05, 0) is 29.8 Å². The summed E-state index contributed by atoms with van der Waals surface area (Å²) < 4.78 is 1.81. The molecule has 0 bridgehead atoms. The van der Waals surface area contributed by atoms with Crippen molar-refractivity contribution in [1.82, 2.24) is 19.5 Å². The van der Waals surface area contributed by atoms with Crippen LogP contribution >= 0.6 is 12.4 Å². The fourth-order valence-corrected chi connectivity index (χ4v) is 2.66. The van der Waals surface area contributed by atoms with E-state index in [1.807, 2.05) is 47.0 Å². The molecule has 0 fully saturated rings. The number of nitrogen functional groups attached to an aromatic ring is 1. The number of benzene rings is 2. The van der Waals surface area contributed by atoms with E-state index in [1.54, 1.807) is 18.5 Å². The molecule has 2 heterocycles. The van der Waals surface area contributed by atoms with Gasteiger partial charge in [-0.25, -0.2) is 9.97 Å². The summed E-state index contributed by atoms with van der Waals surface area (Å²) >= 11 is 0. The maximum Gasteiger partial charge on any atom is 0.277 e. The standard InChI is InChI=1S/C18H15N5O.ClH/c19-14-8-6-13(7-9-14)16-21-17-15(18(24)22-16)23(11-20-17)10-12-4-2-1-3-5-12;/h1-9,11H,10,19H2,(H,21,22,24);1H. The minimum Gasteiger partial charge on any atom is -0.399 e. The maximum absolute atomic E-state index is 12.5. The Morgan fingerprint density at radius 2 is 1.76 bits per heavy atom. The molecule has 0 radical (unpaired) electrons. The number of nitrogens with two attached hydrogens (primary N) is 1. The third-order valence-electron chi connectivity index (χ3n) is 3.86. The van der Waals surface area contributed by atoms with Crippen molar-refractivity contribution in [1.29, 1.82) is 0 Å². The Balaban J connectivity index is 0.00000182. The molecule has 0 atom stereocenters. The van der Waals surface area contributed by atoms with Crippen LogP contribution in [0.15, 0.2) is 65.7 Å². The number of H-pyrrole nitrogens is 1. The number of hydrogen-bond acceptors (Lipinski definition) is 4. The van der Waals surface area contributed by atoms with Gasteiger partial charge in [0.2, 0.25) is 0 Å². The lowest BCUT2D eigenvalue weighted by atomic mass is 10.2. The zero-order chi connectivity index (χ0) is 16.5. The van der Waals surface area contributed by atoms with Gasteiger partial charge < -0.3 is 15.3 Å². The lowest BCUT2D eigenvalue weighted by molar-refractivity contribution is 0.819. The number of imidazole rings is 1. The summed E-state index contributed by atoms with van der Waals surface area (Å²) in [7, 11) is 0. The van der Waals surface area contributed by atoms with Gasteiger partial charge >= 0.3 is 0 Å². The largest absolute Gasteiger partial charge is 0.399 e. The number of halogens is 1. The van der Waals surface area contributed by atoms with Crippen molar-refractivity contribution < 1.29 is 0 Å².